The Morgan fingerprint density at radius 1 is 1.07 bits per heavy atom. The van der Waals surface area contributed by atoms with E-state index in [-0.39, 0.29) is 18.0 Å². The predicted molar refractivity (Wildman–Crippen MR) is 104 cm³/mol. The van der Waals surface area contributed by atoms with Gasteiger partial charge in [0.15, 0.2) is 11.9 Å². The number of nitrogens with one attached hydrogen (secondary N) is 2. The molecule has 28 heavy (non-hydrogen) atoms. The summed E-state index contributed by atoms with van der Waals surface area (Å²) in [5.41, 5.74) is 4.19. The first-order valence-electron chi connectivity index (χ1n) is 9.00. The van der Waals surface area contributed by atoms with Crippen LogP contribution in [0.25, 0.3) is 0 Å². The normalized spacial score (nSPS) is 15.9. The zero-order chi connectivity index (χ0) is 22.3. The lowest BCUT2D eigenvalue weighted by molar-refractivity contribution is -0.164. The fourth-order valence-electron chi connectivity index (χ4n) is 2.29. The van der Waals surface area contributed by atoms with Crippen LogP contribution < -0.4 is 16.4 Å². The van der Waals surface area contributed by atoms with Crippen LogP contribution in [0.1, 0.15) is 61.8 Å². The van der Waals surface area contributed by atoms with Gasteiger partial charge in [-0.25, -0.2) is 9.59 Å². The maximum absolute atomic E-state index is 12.6. The molecule has 1 unspecified atom stereocenters. The fourth-order valence-corrected chi connectivity index (χ4v) is 2.29. The molecule has 0 aromatic heterocycles. The van der Waals surface area contributed by atoms with Gasteiger partial charge in [-0.15, -0.1) is 0 Å². The fraction of sp³-hybridized carbons (Fsp3) is 0.778. The van der Waals surface area contributed by atoms with Crippen LogP contribution in [-0.2, 0) is 19.1 Å². The number of rotatable bonds is 8. The molecule has 5 N–H and O–H groups in total. The summed E-state index contributed by atoms with van der Waals surface area (Å²) in [5.74, 6) is -1.28. The number of ether oxygens (including phenoxy) is 2. The monoisotopic (exact) mass is 402 g/mol. The number of amidine groups is 1. The molecule has 10 heteroatoms. The largest absolute Gasteiger partial charge is 0.458 e. The second kappa shape index (κ2) is 10.3. The van der Waals surface area contributed by atoms with Crippen molar-refractivity contribution in [2.45, 2.75) is 91.2 Å². The number of urea groups is 1. The van der Waals surface area contributed by atoms with Gasteiger partial charge in [0.1, 0.15) is 11.4 Å². The standard InChI is InChI=1S/C18H34N4O6/c1-10(23)9-12(14(19)22-26)20-16(25)21-13(11(2)27-17(3,4)5)15(24)28-18(6,7)8/h11-13,26H,9H2,1-8H3,(H2,19,22)(H2,20,21,25)/t11?,12-,13-/m0/s1. The van der Waals surface area contributed by atoms with E-state index in [1.165, 1.54) is 6.92 Å². The summed E-state index contributed by atoms with van der Waals surface area (Å²) in [6.45, 7) is 13.5. The number of amides is 2. The van der Waals surface area contributed by atoms with Crippen molar-refractivity contribution < 1.29 is 29.1 Å². The molecule has 0 aliphatic carbocycles. The molecule has 0 aliphatic heterocycles. The van der Waals surface area contributed by atoms with Gasteiger partial charge in [-0.2, -0.15) is 0 Å². The molecule has 0 radical (unpaired) electrons. The summed E-state index contributed by atoms with van der Waals surface area (Å²) in [6, 6.07) is -2.94. The topological polar surface area (TPSA) is 152 Å². The molecular weight excluding hydrogens is 368 g/mol. The molecule has 0 rings (SSSR count). The minimum Gasteiger partial charge on any atom is -0.458 e. The molecule has 0 saturated heterocycles. The van der Waals surface area contributed by atoms with E-state index >= 15 is 0 Å². The van der Waals surface area contributed by atoms with Crippen LogP contribution in [0.5, 0.6) is 0 Å². The molecule has 0 saturated carbocycles. The maximum atomic E-state index is 12.6. The van der Waals surface area contributed by atoms with Crippen LogP contribution in [0.15, 0.2) is 5.16 Å². The zero-order valence-corrected chi connectivity index (χ0v) is 18.0. The minimum atomic E-state index is -1.12. The molecule has 0 heterocycles. The van der Waals surface area contributed by atoms with Crippen molar-refractivity contribution in [3.05, 3.63) is 0 Å². The molecule has 0 aromatic rings. The SMILES string of the molecule is CC(=O)C[C@H](NC(=O)N[C@H](C(=O)OC(C)(C)C)C(C)OC(C)(C)C)/C(N)=N/O. The number of nitrogens with zero attached hydrogens (tertiary/aromatic N) is 1. The van der Waals surface area contributed by atoms with Gasteiger partial charge < -0.3 is 31.0 Å². The smallest absolute Gasteiger partial charge is 0.331 e. The molecular formula is C18H34N4O6. The first kappa shape index (κ1) is 25.6. The van der Waals surface area contributed by atoms with Crippen molar-refractivity contribution in [1.29, 1.82) is 0 Å². The van der Waals surface area contributed by atoms with Crippen molar-refractivity contribution in [2.24, 2.45) is 10.9 Å². The van der Waals surface area contributed by atoms with Gasteiger partial charge in [0.05, 0.1) is 17.7 Å². The van der Waals surface area contributed by atoms with Crippen molar-refractivity contribution >= 4 is 23.6 Å². The third-order valence-corrected chi connectivity index (χ3v) is 3.23. The van der Waals surface area contributed by atoms with Crippen LogP contribution in [0.4, 0.5) is 4.79 Å². The highest BCUT2D eigenvalue weighted by molar-refractivity contribution is 5.94. The Labute approximate surface area is 166 Å². The summed E-state index contributed by atoms with van der Waals surface area (Å²) in [6.07, 6.45) is -0.884. The summed E-state index contributed by atoms with van der Waals surface area (Å²) in [5, 5.41) is 16.6. The molecule has 0 aliphatic rings. The number of Topliss-reactive ketones (excluding diaryl/α,β-unsaturated/α-hetero) is 1. The van der Waals surface area contributed by atoms with Gasteiger partial charge in [-0.3, -0.25) is 4.79 Å². The Morgan fingerprint density at radius 2 is 1.61 bits per heavy atom. The molecule has 0 bridgehead atoms. The highest BCUT2D eigenvalue weighted by atomic mass is 16.6. The Hall–Kier alpha value is -2.36. The lowest BCUT2D eigenvalue weighted by Gasteiger charge is -2.32. The van der Waals surface area contributed by atoms with Crippen molar-refractivity contribution in [3.63, 3.8) is 0 Å². The predicted octanol–water partition coefficient (Wildman–Crippen LogP) is 1.29. The minimum absolute atomic E-state index is 0.172. The second-order valence-corrected chi connectivity index (χ2v) is 8.55. The number of oxime groups is 1. The molecule has 3 atom stereocenters. The zero-order valence-electron chi connectivity index (χ0n) is 18.0. The van der Waals surface area contributed by atoms with Crippen LogP contribution in [0, 0.1) is 0 Å². The van der Waals surface area contributed by atoms with Crippen LogP contribution in [0.3, 0.4) is 0 Å². The third kappa shape index (κ3) is 10.7. The van der Waals surface area contributed by atoms with E-state index in [1.54, 1.807) is 27.7 Å². The molecule has 162 valence electrons. The Morgan fingerprint density at radius 3 is 2.00 bits per heavy atom. The van der Waals surface area contributed by atoms with E-state index in [0.717, 1.165) is 0 Å². The average molecular weight is 402 g/mol. The van der Waals surface area contributed by atoms with Gasteiger partial charge in [0, 0.05) is 6.42 Å². The van der Waals surface area contributed by atoms with Crippen molar-refractivity contribution in [1.82, 2.24) is 10.6 Å². The van der Waals surface area contributed by atoms with E-state index < -0.39 is 41.4 Å². The molecule has 0 fully saturated rings. The third-order valence-electron chi connectivity index (χ3n) is 3.23. The summed E-state index contributed by atoms with van der Waals surface area (Å²) < 4.78 is 11.2. The molecule has 2 amide bonds. The summed E-state index contributed by atoms with van der Waals surface area (Å²) >= 11 is 0. The van der Waals surface area contributed by atoms with Gasteiger partial charge in [0.25, 0.3) is 0 Å². The first-order chi connectivity index (χ1) is 12.6. The van der Waals surface area contributed by atoms with E-state index in [2.05, 4.69) is 15.8 Å². The van der Waals surface area contributed by atoms with Gasteiger partial charge >= 0.3 is 12.0 Å². The molecule has 0 aromatic carbocycles. The number of hydrogen-bond donors (Lipinski definition) is 4. The second-order valence-electron chi connectivity index (χ2n) is 8.55. The number of hydrogen-bond acceptors (Lipinski definition) is 7. The van der Waals surface area contributed by atoms with Gasteiger partial charge in [-0.1, -0.05) is 5.16 Å². The Balaban J connectivity index is 5.41. The van der Waals surface area contributed by atoms with Crippen LogP contribution in [-0.4, -0.2) is 58.2 Å². The lowest BCUT2D eigenvalue weighted by atomic mass is 10.1. The van der Waals surface area contributed by atoms with E-state index in [0.29, 0.717) is 0 Å². The highest BCUT2D eigenvalue weighted by Gasteiger charge is 2.34. The number of esters is 1. The molecule has 10 nitrogen and oxygen atoms in total. The first-order valence-corrected chi connectivity index (χ1v) is 9.00. The van der Waals surface area contributed by atoms with Gasteiger partial charge in [-0.05, 0) is 55.4 Å². The number of nitrogens with two attached hydrogens (primary N) is 1. The van der Waals surface area contributed by atoms with E-state index in [4.69, 9.17) is 20.4 Å². The molecule has 0 spiro atoms. The van der Waals surface area contributed by atoms with Gasteiger partial charge in [0.2, 0.25) is 0 Å². The van der Waals surface area contributed by atoms with Crippen LogP contribution >= 0.6 is 0 Å². The Bertz CT molecular complexity index is 592. The Kier molecular flexibility index (Phi) is 9.39. The van der Waals surface area contributed by atoms with E-state index in [1.807, 2.05) is 20.8 Å². The number of carbonyl (C=O) groups is 3. The quantitative estimate of drug-likeness (QED) is 0.157. The van der Waals surface area contributed by atoms with Crippen LogP contribution in [0.2, 0.25) is 0 Å². The lowest BCUT2D eigenvalue weighted by Crippen LogP contribution is -2.57. The maximum Gasteiger partial charge on any atom is 0.331 e. The summed E-state index contributed by atoms with van der Waals surface area (Å²) in [4.78, 5) is 36.4. The van der Waals surface area contributed by atoms with E-state index in [9.17, 15) is 14.4 Å². The van der Waals surface area contributed by atoms with Crippen molar-refractivity contribution in [2.75, 3.05) is 0 Å². The number of ketones is 1. The average Bonchev–Trinajstić information content (AvgIpc) is 2.46. The van der Waals surface area contributed by atoms with Crippen molar-refractivity contribution in [3.8, 4) is 0 Å². The summed E-state index contributed by atoms with van der Waals surface area (Å²) in [7, 11) is 0. The highest BCUT2D eigenvalue weighted by Crippen LogP contribution is 2.16. The number of carbonyl (C=O) groups excluding carboxylic acids is 3.